The minimum absolute atomic E-state index is 0.0883. The molecule has 0 saturated carbocycles. The number of ether oxygens (including phenoxy) is 1. The third-order valence-corrected chi connectivity index (χ3v) is 5.35. The Kier molecular flexibility index (Phi) is 7.31. The molecule has 150 valence electrons. The molecule has 1 fully saturated rings. The van der Waals surface area contributed by atoms with Crippen LogP contribution in [-0.4, -0.2) is 62.1 Å². The first-order valence-corrected chi connectivity index (χ1v) is 10.1. The molecule has 1 amide bonds. The second-order valence-electron chi connectivity index (χ2n) is 7.08. The fourth-order valence-electron chi connectivity index (χ4n) is 3.46. The molecule has 5 nitrogen and oxygen atoms in total. The lowest BCUT2D eigenvalue weighted by atomic mass is 10.0. The largest absolute Gasteiger partial charge is 0.494 e. The Labute approximate surface area is 172 Å². The van der Waals surface area contributed by atoms with Crippen LogP contribution in [0.1, 0.15) is 28.9 Å². The second-order valence-corrected chi connectivity index (χ2v) is 7.51. The highest BCUT2D eigenvalue weighted by molar-refractivity contribution is 6.30. The number of nitrogens with one attached hydrogen (secondary N) is 1. The van der Waals surface area contributed by atoms with Crippen LogP contribution < -0.4 is 10.1 Å². The maximum absolute atomic E-state index is 12.7. The van der Waals surface area contributed by atoms with E-state index in [1.54, 1.807) is 6.07 Å². The molecule has 6 heteroatoms. The number of carbonyl (C=O) groups is 1. The van der Waals surface area contributed by atoms with Gasteiger partial charge in [0.1, 0.15) is 5.75 Å². The van der Waals surface area contributed by atoms with Gasteiger partial charge in [0.25, 0.3) is 5.91 Å². The van der Waals surface area contributed by atoms with Crippen LogP contribution in [0, 0.1) is 0 Å². The molecular formula is C22H28ClN3O2. The monoisotopic (exact) mass is 401 g/mol. The first kappa shape index (κ1) is 20.6. The average molecular weight is 402 g/mol. The summed E-state index contributed by atoms with van der Waals surface area (Å²) in [4.78, 5) is 17.5. The van der Waals surface area contributed by atoms with E-state index in [9.17, 15) is 4.79 Å². The van der Waals surface area contributed by atoms with Gasteiger partial charge in [-0.2, -0.15) is 0 Å². The number of piperazine rings is 1. The molecule has 0 spiro atoms. The van der Waals surface area contributed by atoms with Crippen LogP contribution in [0.25, 0.3) is 0 Å². The van der Waals surface area contributed by atoms with Crippen molar-refractivity contribution in [1.29, 1.82) is 0 Å². The Morgan fingerprint density at radius 2 is 1.86 bits per heavy atom. The topological polar surface area (TPSA) is 44.8 Å². The van der Waals surface area contributed by atoms with Crippen molar-refractivity contribution in [3.05, 3.63) is 64.7 Å². The lowest BCUT2D eigenvalue weighted by Gasteiger charge is -2.38. The van der Waals surface area contributed by atoms with E-state index in [0.29, 0.717) is 24.5 Å². The Morgan fingerprint density at radius 3 is 2.54 bits per heavy atom. The van der Waals surface area contributed by atoms with E-state index >= 15 is 0 Å². The lowest BCUT2D eigenvalue weighted by molar-refractivity contribution is 0.0886. The number of halogens is 1. The van der Waals surface area contributed by atoms with Crippen molar-refractivity contribution in [2.24, 2.45) is 0 Å². The predicted molar refractivity (Wildman–Crippen MR) is 113 cm³/mol. The Balaban J connectivity index is 1.71. The van der Waals surface area contributed by atoms with Crippen LogP contribution >= 0.6 is 11.6 Å². The van der Waals surface area contributed by atoms with Gasteiger partial charge in [-0.15, -0.1) is 0 Å². The molecule has 0 unspecified atom stereocenters. The number of benzene rings is 2. The normalized spacial score (nSPS) is 16.5. The molecule has 0 radical (unpaired) electrons. The molecule has 2 aromatic rings. The fourth-order valence-corrected chi connectivity index (χ4v) is 3.59. The first-order chi connectivity index (χ1) is 13.6. The standard InChI is InChI=1S/C22H28ClN3O2/c1-3-28-20-6-4-5-18(15-20)22(27)24-16-21(17-7-9-19(23)10-8-17)26-13-11-25(2)12-14-26/h4-10,15,21H,3,11-14,16H2,1-2H3,(H,24,27)/t21-/m0/s1. The summed E-state index contributed by atoms with van der Waals surface area (Å²) < 4.78 is 5.50. The summed E-state index contributed by atoms with van der Waals surface area (Å²) in [5, 5.41) is 3.83. The van der Waals surface area contributed by atoms with Gasteiger partial charge in [-0.1, -0.05) is 29.8 Å². The van der Waals surface area contributed by atoms with Gasteiger partial charge >= 0.3 is 0 Å². The summed E-state index contributed by atoms with van der Waals surface area (Å²) in [5.41, 5.74) is 1.77. The molecule has 2 aromatic carbocycles. The van der Waals surface area contributed by atoms with Crippen LogP contribution in [0.5, 0.6) is 5.75 Å². The molecule has 0 aromatic heterocycles. The van der Waals surface area contributed by atoms with Gasteiger partial charge in [0.2, 0.25) is 0 Å². The van der Waals surface area contributed by atoms with Gasteiger partial charge in [0.05, 0.1) is 12.6 Å². The van der Waals surface area contributed by atoms with Gasteiger partial charge < -0.3 is 15.0 Å². The number of amides is 1. The summed E-state index contributed by atoms with van der Waals surface area (Å²) in [6.45, 7) is 7.04. The molecule has 0 bridgehead atoms. The molecule has 1 N–H and O–H groups in total. The highest BCUT2D eigenvalue weighted by atomic mass is 35.5. The number of carbonyl (C=O) groups excluding carboxylic acids is 1. The van der Waals surface area contributed by atoms with Gasteiger partial charge in [-0.05, 0) is 49.9 Å². The zero-order valence-corrected chi connectivity index (χ0v) is 17.3. The molecule has 3 rings (SSSR count). The first-order valence-electron chi connectivity index (χ1n) is 9.76. The number of hydrogen-bond acceptors (Lipinski definition) is 4. The molecule has 1 atom stereocenters. The Hall–Kier alpha value is -2.08. The van der Waals surface area contributed by atoms with Crippen LogP contribution in [-0.2, 0) is 0 Å². The van der Waals surface area contributed by atoms with Crippen molar-refractivity contribution in [2.45, 2.75) is 13.0 Å². The summed E-state index contributed by atoms with van der Waals surface area (Å²) in [6.07, 6.45) is 0. The number of rotatable bonds is 7. The van der Waals surface area contributed by atoms with Crippen LogP contribution in [0.15, 0.2) is 48.5 Å². The molecule has 0 aliphatic carbocycles. The van der Waals surface area contributed by atoms with Crippen molar-refractivity contribution >= 4 is 17.5 Å². The van der Waals surface area contributed by atoms with Crippen molar-refractivity contribution in [2.75, 3.05) is 46.4 Å². The van der Waals surface area contributed by atoms with Crippen LogP contribution in [0.2, 0.25) is 5.02 Å². The van der Waals surface area contributed by atoms with Gasteiger partial charge in [-0.25, -0.2) is 0 Å². The average Bonchev–Trinajstić information content (AvgIpc) is 2.71. The van der Waals surface area contributed by atoms with E-state index in [4.69, 9.17) is 16.3 Å². The van der Waals surface area contributed by atoms with Crippen LogP contribution in [0.3, 0.4) is 0 Å². The van der Waals surface area contributed by atoms with Gasteiger partial charge in [0.15, 0.2) is 0 Å². The SMILES string of the molecule is CCOc1cccc(C(=O)NC[C@@H](c2ccc(Cl)cc2)N2CCN(C)CC2)c1. The number of likely N-dealkylation sites (N-methyl/N-ethyl adjacent to an activating group) is 1. The van der Waals surface area contributed by atoms with Crippen LogP contribution in [0.4, 0.5) is 0 Å². The summed E-state index contributed by atoms with van der Waals surface area (Å²) in [7, 11) is 2.14. The summed E-state index contributed by atoms with van der Waals surface area (Å²) in [6, 6.07) is 15.3. The second kappa shape index (κ2) is 9.92. The molecule has 1 heterocycles. The zero-order valence-electron chi connectivity index (χ0n) is 16.5. The van der Waals surface area contributed by atoms with E-state index in [1.807, 2.05) is 49.4 Å². The van der Waals surface area contributed by atoms with Gasteiger partial charge in [-0.3, -0.25) is 9.69 Å². The van der Waals surface area contributed by atoms with Crippen molar-refractivity contribution in [3.8, 4) is 5.75 Å². The Morgan fingerprint density at radius 1 is 1.14 bits per heavy atom. The van der Waals surface area contributed by atoms with Crippen molar-refractivity contribution in [3.63, 3.8) is 0 Å². The van der Waals surface area contributed by atoms with E-state index in [1.165, 1.54) is 0 Å². The quantitative estimate of drug-likeness (QED) is 0.771. The lowest BCUT2D eigenvalue weighted by Crippen LogP contribution is -2.48. The van der Waals surface area contributed by atoms with Gasteiger partial charge in [0, 0.05) is 43.3 Å². The minimum Gasteiger partial charge on any atom is -0.494 e. The molecule has 1 aliphatic rings. The number of nitrogens with zero attached hydrogens (tertiary/aromatic N) is 2. The maximum atomic E-state index is 12.7. The molecule has 1 aliphatic heterocycles. The van der Waals surface area contributed by atoms with E-state index < -0.39 is 0 Å². The molecule has 1 saturated heterocycles. The smallest absolute Gasteiger partial charge is 0.251 e. The summed E-state index contributed by atoms with van der Waals surface area (Å²) in [5.74, 6) is 0.623. The fraction of sp³-hybridized carbons (Fsp3) is 0.409. The highest BCUT2D eigenvalue weighted by Crippen LogP contribution is 2.23. The third-order valence-electron chi connectivity index (χ3n) is 5.10. The Bertz CT molecular complexity index is 774. The van der Waals surface area contributed by atoms with E-state index in [2.05, 4.69) is 22.2 Å². The minimum atomic E-state index is -0.0883. The zero-order chi connectivity index (χ0) is 19.9. The van der Waals surface area contributed by atoms with E-state index in [0.717, 1.165) is 36.8 Å². The van der Waals surface area contributed by atoms with E-state index in [-0.39, 0.29) is 11.9 Å². The third kappa shape index (κ3) is 5.47. The van der Waals surface area contributed by atoms with Crippen molar-refractivity contribution < 1.29 is 9.53 Å². The highest BCUT2D eigenvalue weighted by Gasteiger charge is 2.24. The maximum Gasteiger partial charge on any atom is 0.251 e. The molecule has 28 heavy (non-hydrogen) atoms. The molecular weight excluding hydrogens is 374 g/mol. The predicted octanol–water partition coefficient (Wildman–Crippen LogP) is 3.46. The van der Waals surface area contributed by atoms with Crippen molar-refractivity contribution in [1.82, 2.24) is 15.1 Å². The number of hydrogen-bond donors (Lipinski definition) is 1. The summed E-state index contributed by atoms with van der Waals surface area (Å²) >= 11 is 6.07.